The number of rotatable bonds is 1. The minimum absolute atomic E-state index is 0.639. The van der Waals surface area contributed by atoms with Crippen LogP contribution in [0.4, 0.5) is 0 Å². The summed E-state index contributed by atoms with van der Waals surface area (Å²) >= 11 is 0. The van der Waals surface area contributed by atoms with Crippen molar-refractivity contribution in [2.24, 2.45) is 5.16 Å². The zero-order valence-corrected chi connectivity index (χ0v) is 8.14. The number of nitrogens with zero attached hydrogens (tertiary/aromatic N) is 1. The van der Waals surface area contributed by atoms with E-state index in [9.17, 15) is 0 Å². The molecule has 4 nitrogen and oxygen atoms in total. The second kappa shape index (κ2) is 6.65. The second-order valence-corrected chi connectivity index (χ2v) is 2.57. The molecule has 0 spiro atoms. The van der Waals surface area contributed by atoms with Crippen molar-refractivity contribution in [2.45, 2.75) is 13.8 Å². The highest BCUT2D eigenvalue weighted by atomic mass is 16.4. The van der Waals surface area contributed by atoms with E-state index in [1.807, 2.05) is 30.3 Å². The van der Waals surface area contributed by atoms with E-state index in [1.165, 1.54) is 0 Å². The van der Waals surface area contributed by atoms with Crippen molar-refractivity contribution in [3.8, 4) is 0 Å². The first-order valence-corrected chi connectivity index (χ1v) is 4.01. The Morgan fingerprint density at radius 2 is 1.64 bits per heavy atom. The van der Waals surface area contributed by atoms with Gasteiger partial charge in [-0.1, -0.05) is 35.5 Å². The highest BCUT2D eigenvalue weighted by molar-refractivity contribution is 5.98. The van der Waals surface area contributed by atoms with E-state index < -0.39 is 5.97 Å². The van der Waals surface area contributed by atoms with E-state index in [-0.39, 0.29) is 0 Å². The van der Waals surface area contributed by atoms with Crippen LogP contribution < -0.4 is 0 Å². The third kappa shape index (κ3) is 5.77. The monoisotopic (exact) mass is 195 g/mol. The SMILES string of the molecule is CC(=NO)c1ccccc1.CC(=O)O. The molecule has 76 valence electrons. The predicted molar refractivity (Wildman–Crippen MR) is 53.7 cm³/mol. The summed E-state index contributed by atoms with van der Waals surface area (Å²) in [4.78, 5) is 9.00. The number of benzene rings is 1. The van der Waals surface area contributed by atoms with Crippen molar-refractivity contribution in [3.63, 3.8) is 0 Å². The molecule has 1 rings (SSSR count). The Hall–Kier alpha value is -1.84. The van der Waals surface area contributed by atoms with Crippen LogP contribution in [0.2, 0.25) is 0 Å². The largest absolute Gasteiger partial charge is 0.481 e. The van der Waals surface area contributed by atoms with Gasteiger partial charge >= 0.3 is 0 Å². The van der Waals surface area contributed by atoms with Crippen molar-refractivity contribution in [1.82, 2.24) is 0 Å². The summed E-state index contributed by atoms with van der Waals surface area (Å²) in [6, 6.07) is 9.53. The number of carboxylic acids is 1. The molecular weight excluding hydrogens is 182 g/mol. The van der Waals surface area contributed by atoms with Crippen LogP contribution in [0.1, 0.15) is 19.4 Å². The molecule has 0 atom stereocenters. The fourth-order valence-corrected chi connectivity index (χ4v) is 0.737. The minimum atomic E-state index is -0.833. The molecule has 0 aliphatic heterocycles. The molecule has 0 radical (unpaired) electrons. The Kier molecular flexibility index (Phi) is 5.78. The maximum absolute atomic E-state index is 9.00. The standard InChI is InChI=1S/C8H9NO.C2H4O2/c1-7(9-10)8-5-3-2-4-6-8;1-2(3)4/h2-6,10H,1H3;1H3,(H,3,4). The van der Waals surface area contributed by atoms with Gasteiger partial charge in [-0.2, -0.15) is 0 Å². The summed E-state index contributed by atoms with van der Waals surface area (Å²) in [7, 11) is 0. The number of aliphatic carboxylic acids is 1. The van der Waals surface area contributed by atoms with Crippen LogP contribution in [-0.4, -0.2) is 22.0 Å². The molecule has 0 bridgehead atoms. The lowest BCUT2D eigenvalue weighted by molar-refractivity contribution is -0.134. The minimum Gasteiger partial charge on any atom is -0.481 e. The van der Waals surface area contributed by atoms with Crippen LogP contribution >= 0.6 is 0 Å². The first-order chi connectivity index (χ1) is 6.57. The molecule has 1 aromatic carbocycles. The van der Waals surface area contributed by atoms with Gasteiger partial charge in [0.1, 0.15) is 0 Å². The van der Waals surface area contributed by atoms with E-state index in [0.29, 0.717) is 5.71 Å². The Morgan fingerprint density at radius 3 is 2.00 bits per heavy atom. The molecular formula is C10H13NO3. The smallest absolute Gasteiger partial charge is 0.300 e. The topological polar surface area (TPSA) is 69.9 Å². The summed E-state index contributed by atoms with van der Waals surface area (Å²) in [6.45, 7) is 2.84. The highest BCUT2D eigenvalue weighted by Crippen LogP contribution is 1.99. The van der Waals surface area contributed by atoms with Crippen LogP contribution in [0, 0.1) is 0 Å². The van der Waals surface area contributed by atoms with E-state index in [0.717, 1.165) is 12.5 Å². The summed E-state index contributed by atoms with van der Waals surface area (Å²) in [6.07, 6.45) is 0. The molecule has 0 heterocycles. The summed E-state index contributed by atoms with van der Waals surface area (Å²) < 4.78 is 0. The van der Waals surface area contributed by atoms with Crippen LogP contribution in [0.25, 0.3) is 0 Å². The number of oxime groups is 1. The molecule has 0 unspecified atom stereocenters. The van der Waals surface area contributed by atoms with Gasteiger partial charge in [0.2, 0.25) is 0 Å². The van der Waals surface area contributed by atoms with Gasteiger partial charge in [-0.3, -0.25) is 4.79 Å². The van der Waals surface area contributed by atoms with Crippen molar-refractivity contribution in [2.75, 3.05) is 0 Å². The fourth-order valence-electron chi connectivity index (χ4n) is 0.737. The summed E-state index contributed by atoms with van der Waals surface area (Å²) in [5.41, 5.74) is 1.59. The van der Waals surface area contributed by atoms with Gasteiger partial charge in [0.05, 0.1) is 5.71 Å². The zero-order chi connectivity index (χ0) is 11.0. The number of hydrogen-bond donors (Lipinski definition) is 2. The molecule has 0 amide bonds. The van der Waals surface area contributed by atoms with Crippen molar-refractivity contribution in [1.29, 1.82) is 0 Å². The Morgan fingerprint density at radius 1 is 1.21 bits per heavy atom. The molecule has 0 saturated carbocycles. The van der Waals surface area contributed by atoms with Crippen molar-refractivity contribution in [3.05, 3.63) is 35.9 Å². The van der Waals surface area contributed by atoms with Crippen molar-refractivity contribution >= 4 is 11.7 Å². The van der Waals surface area contributed by atoms with Gasteiger partial charge in [-0.15, -0.1) is 0 Å². The second-order valence-electron chi connectivity index (χ2n) is 2.57. The molecule has 14 heavy (non-hydrogen) atoms. The van der Waals surface area contributed by atoms with Gasteiger partial charge in [-0.25, -0.2) is 0 Å². The molecule has 0 aliphatic rings. The molecule has 1 aromatic rings. The predicted octanol–water partition coefficient (Wildman–Crippen LogP) is 1.98. The van der Waals surface area contributed by atoms with Gasteiger partial charge in [0, 0.05) is 6.92 Å². The first-order valence-electron chi connectivity index (χ1n) is 4.01. The van der Waals surface area contributed by atoms with E-state index in [1.54, 1.807) is 6.92 Å². The average Bonchev–Trinajstić information content (AvgIpc) is 2.17. The molecule has 0 aromatic heterocycles. The lowest BCUT2D eigenvalue weighted by Gasteiger charge is -1.94. The molecule has 0 saturated heterocycles. The fraction of sp³-hybridized carbons (Fsp3) is 0.200. The maximum Gasteiger partial charge on any atom is 0.300 e. The molecule has 0 fully saturated rings. The Labute approximate surface area is 82.5 Å². The quantitative estimate of drug-likeness (QED) is 0.409. The zero-order valence-electron chi connectivity index (χ0n) is 8.14. The average molecular weight is 195 g/mol. The van der Waals surface area contributed by atoms with Gasteiger partial charge in [0.15, 0.2) is 0 Å². The van der Waals surface area contributed by atoms with Gasteiger partial charge in [-0.05, 0) is 12.5 Å². The van der Waals surface area contributed by atoms with Crippen LogP contribution in [-0.2, 0) is 4.79 Å². The Bertz CT molecular complexity index is 302. The summed E-state index contributed by atoms with van der Waals surface area (Å²) in [5.74, 6) is -0.833. The third-order valence-corrected chi connectivity index (χ3v) is 1.34. The molecule has 2 N–H and O–H groups in total. The number of carboxylic acid groups (broad SMARTS) is 1. The molecule has 4 heteroatoms. The number of carbonyl (C=O) groups is 1. The Balaban J connectivity index is 0.000000364. The van der Waals surface area contributed by atoms with E-state index >= 15 is 0 Å². The lowest BCUT2D eigenvalue weighted by atomic mass is 10.1. The summed E-state index contributed by atoms with van der Waals surface area (Å²) in [5, 5.41) is 18.9. The van der Waals surface area contributed by atoms with Crippen LogP contribution in [0.15, 0.2) is 35.5 Å². The van der Waals surface area contributed by atoms with Crippen LogP contribution in [0.5, 0.6) is 0 Å². The van der Waals surface area contributed by atoms with E-state index in [2.05, 4.69) is 5.16 Å². The normalized spacial score (nSPS) is 10.0. The first kappa shape index (κ1) is 12.2. The van der Waals surface area contributed by atoms with Gasteiger partial charge in [0.25, 0.3) is 5.97 Å². The van der Waals surface area contributed by atoms with Crippen LogP contribution in [0.3, 0.4) is 0 Å². The maximum atomic E-state index is 9.00. The molecule has 0 aliphatic carbocycles. The lowest BCUT2D eigenvalue weighted by Crippen LogP contribution is -1.92. The van der Waals surface area contributed by atoms with Crippen molar-refractivity contribution < 1.29 is 15.1 Å². The van der Waals surface area contributed by atoms with E-state index in [4.69, 9.17) is 15.1 Å². The third-order valence-electron chi connectivity index (χ3n) is 1.34. The highest BCUT2D eigenvalue weighted by Gasteiger charge is 1.92. The number of hydrogen-bond acceptors (Lipinski definition) is 3. The van der Waals surface area contributed by atoms with Gasteiger partial charge < -0.3 is 10.3 Å².